The van der Waals surface area contributed by atoms with E-state index in [1.807, 2.05) is 0 Å². The topological polar surface area (TPSA) is 29.3 Å². The molecule has 1 unspecified atom stereocenters. The van der Waals surface area contributed by atoms with Crippen LogP contribution in [0.5, 0.6) is 0 Å². The second kappa shape index (κ2) is 8.55. The lowest BCUT2D eigenvalue weighted by molar-refractivity contribution is 0.170. The van der Waals surface area contributed by atoms with E-state index in [2.05, 4.69) is 43.0 Å². The third kappa shape index (κ3) is 5.12. The molecule has 2 nitrogen and oxygen atoms in total. The molecule has 118 valence electrons. The molecule has 1 aromatic carbocycles. The average Bonchev–Trinajstić information content (AvgIpc) is 2.50. The number of nitrogens with two attached hydrogens (primary N) is 1. The molecule has 0 aromatic heterocycles. The highest BCUT2D eigenvalue weighted by molar-refractivity contribution is 5.25. The second-order valence-electron chi connectivity index (χ2n) is 6.63. The third-order valence-corrected chi connectivity index (χ3v) is 4.81. The molecular formula is C19H32N2. The third-order valence-electron chi connectivity index (χ3n) is 4.81. The minimum atomic E-state index is 0.156. The number of aryl methyl sites for hydroxylation is 1. The molecule has 2 rings (SSSR count). The number of rotatable bonds is 7. The summed E-state index contributed by atoms with van der Waals surface area (Å²) in [6.45, 7) is 7.98. The van der Waals surface area contributed by atoms with Crippen LogP contribution in [0.25, 0.3) is 0 Å². The van der Waals surface area contributed by atoms with Crippen molar-refractivity contribution in [1.82, 2.24) is 4.90 Å². The van der Waals surface area contributed by atoms with Crippen LogP contribution in [0.3, 0.4) is 0 Å². The molecule has 1 aliphatic heterocycles. The molecule has 1 heterocycles. The van der Waals surface area contributed by atoms with Crippen LogP contribution in [-0.4, -0.2) is 24.5 Å². The lowest BCUT2D eigenvalue weighted by Crippen LogP contribution is -2.38. The molecule has 1 aliphatic rings. The van der Waals surface area contributed by atoms with E-state index in [1.54, 1.807) is 0 Å². The lowest BCUT2D eigenvalue weighted by atomic mass is 9.92. The number of likely N-dealkylation sites (tertiary alicyclic amines) is 1. The maximum absolute atomic E-state index is 6.40. The molecule has 0 amide bonds. The maximum Gasteiger partial charge on any atom is 0.0424 e. The lowest BCUT2D eigenvalue weighted by Gasteiger charge is -2.33. The smallest absolute Gasteiger partial charge is 0.0424 e. The summed E-state index contributed by atoms with van der Waals surface area (Å²) in [5, 5.41) is 0. The van der Waals surface area contributed by atoms with E-state index >= 15 is 0 Å². The predicted octanol–water partition coefficient (Wildman–Crippen LogP) is 4.15. The van der Waals surface area contributed by atoms with Crippen LogP contribution in [0.4, 0.5) is 0 Å². The molecule has 2 N–H and O–H groups in total. The van der Waals surface area contributed by atoms with E-state index in [0.717, 1.165) is 12.5 Å². The van der Waals surface area contributed by atoms with Crippen molar-refractivity contribution in [3.05, 3.63) is 35.4 Å². The summed E-state index contributed by atoms with van der Waals surface area (Å²) in [6, 6.07) is 9.08. The van der Waals surface area contributed by atoms with Crippen LogP contribution in [-0.2, 0) is 6.42 Å². The summed E-state index contributed by atoms with van der Waals surface area (Å²) >= 11 is 0. The Bertz CT molecular complexity index is 391. The maximum atomic E-state index is 6.40. The van der Waals surface area contributed by atoms with Gasteiger partial charge in [0.05, 0.1) is 0 Å². The predicted molar refractivity (Wildman–Crippen MR) is 91.4 cm³/mol. The highest BCUT2D eigenvalue weighted by Gasteiger charge is 2.20. The average molecular weight is 288 g/mol. The van der Waals surface area contributed by atoms with Crippen molar-refractivity contribution < 1.29 is 0 Å². The highest BCUT2D eigenvalue weighted by atomic mass is 15.1. The van der Waals surface area contributed by atoms with Gasteiger partial charge in [-0.1, -0.05) is 57.4 Å². The molecule has 0 spiro atoms. The number of piperidine rings is 1. The zero-order valence-electron chi connectivity index (χ0n) is 13.9. The molecule has 1 aromatic rings. The van der Waals surface area contributed by atoms with Crippen LogP contribution in [0.15, 0.2) is 24.3 Å². The first-order valence-electron chi connectivity index (χ1n) is 8.79. The second-order valence-corrected chi connectivity index (χ2v) is 6.63. The van der Waals surface area contributed by atoms with E-state index < -0.39 is 0 Å². The Labute approximate surface area is 130 Å². The monoisotopic (exact) mass is 288 g/mol. The molecule has 0 radical (unpaired) electrons. The molecular weight excluding hydrogens is 256 g/mol. The number of hydrogen-bond donors (Lipinski definition) is 1. The minimum absolute atomic E-state index is 0.156. The Balaban J connectivity index is 1.80. The quantitative estimate of drug-likeness (QED) is 0.816. The molecule has 0 bridgehead atoms. The summed E-state index contributed by atoms with van der Waals surface area (Å²) in [7, 11) is 0. The number of benzene rings is 1. The standard InChI is InChI=1S/C19H32N2/c1-3-5-16-7-9-18(10-8-16)19(20)15-21-13-11-17(6-4-2)12-14-21/h7-10,17,19H,3-6,11-15,20H2,1-2H3. The normalized spacial score (nSPS) is 18.8. The summed E-state index contributed by atoms with van der Waals surface area (Å²) in [5.41, 5.74) is 9.11. The van der Waals surface area contributed by atoms with Gasteiger partial charge in [-0.05, 0) is 49.4 Å². The highest BCUT2D eigenvalue weighted by Crippen LogP contribution is 2.23. The van der Waals surface area contributed by atoms with Gasteiger partial charge in [0, 0.05) is 12.6 Å². The Hall–Kier alpha value is -0.860. The number of hydrogen-bond acceptors (Lipinski definition) is 2. The minimum Gasteiger partial charge on any atom is -0.323 e. The SMILES string of the molecule is CCCc1ccc(C(N)CN2CCC(CCC)CC2)cc1. The van der Waals surface area contributed by atoms with Gasteiger partial charge >= 0.3 is 0 Å². The molecule has 0 saturated carbocycles. The molecule has 1 saturated heterocycles. The van der Waals surface area contributed by atoms with E-state index in [4.69, 9.17) is 5.73 Å². The number of nitrogens with zero attached hydrogens (tertiary/aromatic N) is 1. The van der Waals surface area contributed by atoms with Crippen LogP contribution >= 0.6 is 0 Å². The molecule has 0 aliphatic carbocycles. The Morgan fingerprint density at radius 1 is 1.10 bits per heavy atom. The zero-order chi connectivity index (χ0) is 15.1. The summed E-state index contributed by atoms with van der Waals surface area (Å²) in [5.74, 6) is 0.954. The van der Waals surface area contributed by atoms with Crippen molar-refractivity contribution >= 4 is 0 Å². The van der Waals surface area contributed by atoms with Gasteiger partial charge in [0.25, 0.3) is 0 Å². The van der Waals surface area contributed by atoms with Crippen LogP contribution < -0.4 is 5.73 Å². The van der Waals surface area contributed by atoms with Gasteiger partial charge in [-0.2, -0.15) is 0 Å². The fraction of sp³-hybridized carbons (Fsp3) is 0.684. The Morgan fingerprint density at radius 3 is 2.33 bits per heavy atom. The molecule has 21 heavy (non-hydrogen) atoms. The van der Waals surface area contributed by atoms with Gasteiger partial charge in [0.2, 0.25) is 0 Å². The van der Waals surface area contributed by atoms with Crippen molar-refractivity contribution in [2.45, 2.75) is 58.4 Å². The van der Waals surface area contributed by atoms with Gasteiger partial charge in [0.15, 0.2) is 0 Å². The van der Waals surface area contributed by atoms with Crippen molar-refractivity contribution in [3.63, 3.8) is 0 Å². The van der Waals surface area contributed by atoms with Crippen molar-refractivity contribution in [3.8, 4) is 0 Å². The van der Waals surface area contributed by atoms with Crippen LogP contribution in [0.2, 0.25) is 0 Å². The largest absolute Gasteiger partial charge is 0.323 e. The van der Waals surface area contributed by atoms with Gasteiger partial charge < -0.3 is 10.6 Å². The van der Waals surface area contributed by atoms with Gasteiger partial charge in [-0.3, -0.25) is 0 Å². The van der Waals surface area contributed by atoms with E-state index in [9.17, 15) is 0 Å². The summed E-state index contributed by atoms with van der Waals surface area (Å²) < 4.78 is 0. The Morgan fingerprint density at radius 2 is 1.76 bits per heavy atom. The van der Waals surface area contributed by atoms with Crippen LogP contribution in [0, 0.1) is 5.92 Å². The summed E-state index contributed by atoms with van der Waals surface area (Å²) in [6.07, 6.45) is 7.82. The molecule has 1 atom stereocenters. The first-order chi connectivity index (χ1) is 10.2. The molecule has 2 heteroatoms. The Kier molecular flexibility index (Phi) is 6.72. The van der Waals surface area contributed by atoms with E-state index in [0.29, 0.717) is 0 Å². The van der Waals surface area contributed by atoms with E-state index in [1.165, 1.54) is 62.7 Å². The van der Waals surface area contributed by atoms with Crippen molar-refractivity contribution in [1.29, 1.82) is 0 Å². The first kappa shape index (κ1) is 16.5. The van der Waals surface area contributed by atoms with Gasteiger partial charge in [-0.25, -0.2) is 0 Å². The van der Waals surface area contributed by atoms with Crippen molar-refractivity contribution in [2.75, 3.05) is 19.6 Å². The summed E-state index contributed by atoms with van der Waals surface area (Å²) in [4.78, 5) is 2.55. The zero-order valence-corrected chi connectivity index (χ0v) is 13.9. The van der Waals surface area contributed by atoms with E-state index in [-0.39, 0.29) is 6.04 Å². The van der Waals surface area contributed by atoms with Gasteiger partial charge in [-0.15, -0.1) is 0 Å². The van der Waals surface area contributed by atoms with Gasteiger partial charge in [0.1, 0.15) is 0 Å². The fourth-order valence-corrected chi connectivity index (χ4v) is 3.47. The van der Waals surface area contributed by atoms with Crippen LogP contribution in [0.1, 0.15) is 63.1 Å². The first-order valence-corrected chi connectivity index (χ1v) is 8.79. The van der Waals surface area contributed by atoms with Crippen molar-refractivity contribution in [2.24, 2.45) is 11.7 Å². The fourth-order valence-electron chi connectivity index (χ4n) is 3.47. The molecule has 1 fully saturated rings.